The Morgan fingerprint density at radius 2 is 2.28 bits per heavy atom. The van der Waals surface area contributed by atoms with E-state index >= 15 is 0 Å². The molecule has 0 spiro atoms. The van der Waals surface area contributed by atoms with Crippen LogP contribution >= 0.6 is 0 Å². The summed E-state index contributed by atoms with van der Waals surface area (Å²) in [5.74, 6) is -0.243. The molecule has 0 fully saturated rings. The van der Waals surface area contributed by atoms with Gasteiger partial charge in [0.2, 0.25) is 5.88 Å². The maximum atomic E-state index is 13.5. The summed E-state index contributed by atoms with van der Waals surface area (Å²) in [6.45, 7) is 1.83. The highest BCUT2D eigenvalue weighted by Gasteiger charge is 2.10. The number of aryl methyl sites for hydroxylation is 1. The quantitative estimate of drug-likeness (QED) is 0.813. The lowest BCUT2D eigenvalue weighted by Gasteiger charge is -2.08. The molecule has 0 unspecified atom stereocenters. The molecule has 1 aromatic carbocycles. The second-order valence-corrected chi connectivity index (χ2v) is 3.64. The van der Waals surface area contributed by atoms with Crippen LogP contribution in [0.3, 0.4) is 0 Å². The number of hydrogen-bond donors (Lipinski definition) is 2. The molecule has 6 heteroatoms. The van der Waals surface area contributed by atoms with Gasteiger partial charge >= 0.3 is 0 Å². The van der Waals surface area contributed by atoms with Gasteiger partial charge in [-0.25, -0.2) is 4.39 Å². The van der Waals surface area contributed by atoms with E-state index in [4.69, 9.17) is 10.5 Å². The number of para-hydroxylation sites is 1. The number of rotatable bonds is 3. The van der Waals surface area contributed by atoms with Crippen LogP contribution in [0.4, 0.5) is 10.1 Å². The molecule has 94 valence electrons. The van der Waals surface area contributed by atoms with Crippen LogP contribution in [0.5, 0.6) is 11.6 Å². The van der Waals surface area contributed by atoms with Crippen molar-refractivity contribution in [3.8, 4) is 11.6 Å². The van der Waals surface area contributed by atoms with Gasteiger partial charge in [0.05, 0.1) is 11.8 Å². The molecule has 0 aliphatic rings. The van der Waals surface area contributed by atoms with E-state index in [1.807, 2.05) is 6.92 Å². The van der Waals surface area contributed by atoms with Gasteiger partial charge in [0.1, 0.15) is 5.82 Å². The van der Waals surface area contributed by atoms with Crippen LogP contribution in [0, 0.1) is 5.82 Å². The monoisotopic (exact) mass is 249 g/mol. The van der Waals surface area contributed by atoms with Crippen molar-refractivity contribution in [3.05, 3.63) is 46.3 Å². The predicted octanol–water partition coefficient (Wildman–Crippen LogP) is 1.85. The Kier molecular flexibility index (Phi) is 3.27. The second kappa shape index (κ2) is 4.87. The maximum Gasteiger partial charge on any atom is 0.254 e. The molecule has 0 radical (unpaired) electrons. The largest absolute Gasteiger partial charge is 0.433 e. The summed E-state index contributed by atoms with van der Waals surface area (Å²) in [5.41, 5.74) is 5.39. The molecule has 2 rings (SSSR count). The van der Waals surface area contributed by atoms with E-state index in [9.17, 15) is 9.18 Å². The molecule has 0 amide bonds. The zero-order chi connectivity index (χ0) is 13.1. The molecule has 0 aliphatic heterocycles. The maximum absolute atomic E-state index is 13.5. The van der Waals surface area contributed by atoms with Crippen molar-refractivity contribution in [2.24, 2.45) is 0 Å². The van der Waals surface area contributed by atoms with E-state index in [-0.39, 0.29) is 22.9 Å². The molecular weight excluding hydrogens is 237 g/mol. The van der Waals surface area contributed by atoms with Crippen LogP contribution in [0.1, 0.15) is 12.7 Å². The smallest absolute Gasteiger partial charge is 0.254 e. The summed E-state index contributed by atoms with van der Waals surface area (Å²) in [7, 11) is 0. The van der Waals surface area contributed by atoms with Crippen molar-refractivity contribution in [1.82, 2.24) is 9.97 Å². The third-order valence-corrected chi connectivity index (χ3v) is 2.31. The van der Waals surface area contributed by atoms with E-state index in [0.29, 0.717) is 12.2 Å². The number of aromatic amines is 1. The molecule has 0 saturated carbocycles. The SMILES string of the molecule is CCc1nc(Oc2c(N)cccc2F)cc(=O)[nH]1. The Balaban J connectivity index is 2.40. The Morgan fingerprint density at radius 3 is 2.94 bits per heavy atom. The summed E-state index contributed by atoms with van der Waals surface area (Å²) >= 11 is 0. The molecule has 0 saturated heterocycles. The molecule has 0 atom stereocenters. The highest BCUT2D eigenvalue weighted by molar-refractivity contribution is 5.53. The number of ether oxygens (including phenoxy) is 1. The topological polar surface area (TPSA) is 81.0 Å². The highest BCUT2D eigenvalue weighted by Crippen LogP contribution is 2.28. The number of nitrogens with zero attached hydrogens (tertiary/aromatic N) is 1. The van der Waals surface area contributed by atoms with Crippen LogP contribution < -0.4 is 16.0 Å². The van der Waals surface area contributed by atoms with Crippen molar-refractivity contribution < 1.29 is 9.13 Å². The number of hydrogen-bond acceptors (Lipinski definition) is 4. The minimum Gasteiger partial charge on any atom is -0.433 e. The van der Waals surface area contributed by atoms with Crippen LogP contribution in [0.15, 0.2) is 29.1 Å². The fourth-order valence-corrected chi connectivity index (χ4v) is 1.44. The van der Waals surface area contributed by atoms with E-state index < -0.39 is 5.82 Å². The molecule has 3 N–H and O–H groups in total. The number of halogens is 1. The number of aromatic nitrogens is 2. The summed E-state index contributed by atoms with van der Waals surface area (Å²) in [4.78, 5) is 17.9. The van der Waals surface area contributed by atoms with E-state index in [1.54, 1.807) is 0 Å². The Hall–Kier alpha value is -2.37. The van der Waals surface area contributed by atoms with Gasteiger partial charge in [0, 0.05) is 6.42 Å². The van der Waals surface area contributed by atoms with Gasteiger partial charge in [-0.05, 0) is 12.1 Å². The average Bonchev–Trinajstić information content (AvgIpc) is 2.33. The minimum atomic E-state index is -0.602. The number of nitrogens with two attached hydrogens (primary N) is 1. The van der Waals surface area contributed by atoms with Gasteiger partial charge in [-0.1, -0.05) is 13.0 Å². The van der Waals surface area contributed by atoms with Crippen molar-refractivity contribution in [2.45, 2.75) is 13.3 Å². The van der Waals surface area contributed by atoms with Gasteiger partial charge < -0.3 is 15.5 Å². The van der Waals surface area contributed by atoms with Crippen molar-refractivity contribution in [3.63, 3.8) is 0 Å². The number of nitrogens with one attached hydrogen (secondary N) is 1. The average molecular weight is 249 g/mol. The first-order valence-corrected chi connectivity index (χ1v) is 5.42. The van der Waals surface area contributed by atoms with Crippen molar-refractivity contribution >= 4 is 5.69 Å². The third kappa shape index (κ3) is 2.48. The number of anilines is 1. The summed E-state index contributed by atoms with van der Waals surface area (Å²) in [5, 5.41) is 0. The van der Waals surface area contributed by atoms with Gasteiger partial charge in [0.15, 0.2) is 11.6 Å². The number of benzene rings is 1. The van der Waals surface area contributed by atoms with E-state index in [0.717, 1.165) is 6.07 Å². The lowest BCUT2D eigenvalue weighted by atomic mass is 10.3. The molecule has 18 heavy (non-hydrogen) atoms. The number of nitrogen functional groups attached to an aromatic ring is 1. The molecule has 0 bridgehead atoms. The van der Waals surface area contributed by atoms with Gasteiger partial charge in [-0.15, -0.1) is 0 Å². The normalized spacial score (nSPS) is 10.3. The third-order valence-electron chi connectivity index (χ3n) is 2.31. The lowest BCUT2D eigenvalue weighted by Crippen LogP contribution is -2.10. The summed E-state index contributed by atoms with van der Waals surface area (Å²) < 4.78 is 18.7. The van der Waals surface area contributed by atoms with E-state index in [1.165, 1.54) is 18.2 Å². The molecule has 5 nitrogen and oxygen atoms in total. The molecule has 1 heterocycles. The van der Waals surface area contributed by atoms with Gasteiger partial charge in [-0.2, -0.15) is 4.98 Å². The van der Waals surface area contributed by atoms with Crippen LogP contribution in [0.25, 0.3) is 0 Å². The molecule has 0 aliphatic carbocycles. The second-order valence-electron chi connectivity index (χ2n) is 3.64. The Bertz CT molecular complexity index is 605. The van der Waals surface area contributed by atoms with Crippen molar-refractivity contribution in [2.75, 3.05) is 5.73 Å². The standard InChI is InChI=1S/C12H12FN3O2/c1-2-9-15-10(17)6-11(16-9)18-12-7(13)4-3-5-8(12)14/h3-6H,2,14H2,1H3,(H,15,16,17). The molecule has 1 aromatic heterocycles. The van der Waals surface area contributed by atoms with E-state index in [2.05, 4.69) is 9.97 Å². The first kappa shape index (κ1) is 12.1. The molecule has 2 aromatic rings. The minimum absolute atomic E-state index is 0.0207. The Morgan fingerprint density at radius 1 is 1.50 bits per heavy atom. The first-order chi connectivity index (χ1) is 8.60. The predicted molar refractivity (Wildman–Crippen MR) is 65.1 cm³/mol. The molecular formula is C12H12FN3O2. The summed E-state index contributed by atoms with van der Waals surface area (Å²) in [6, 6.07) is 5.34. The summed E-state index contributed by atoms with van der Waals surface area (Å²) in [6.07, 6.45) is 0.541. The zero-order valence-electron chi connectivity index (χ0n) is 9.74. The first-order valence-electron chi connectivity index (χ1n) is 5.42. The van der Waals surface area contributed by atoms with Gasteiger partial charge in [0.25, 0.3) is 5.56 Å². The highest BCUT2D eigenvalue weighted by atomic mass is 19.1. The van der Waals surface area contributed by atoms with Crippen LogP contribution in [-0.4, -0.2) is 9.97 Å². The van der Waals surface area contributed by atoms with Crippen LogP contribution in [0.2, 0.25) is 0 Å². The fourth-order valence-electron chi connectivity index (χ4n) is 1.44. The fraction of sp³-hybridized carbons (Fsp3) is 0.167. The Labute approximate surface area is 102 Å². The number of H-pyrrole nitrogens is 1. The lowest BCUT2D eigenvalue weighted by molar-refractivity contribution is 0.426. The van der Waals surface area contributed by atoms with Crippen molar-refractivity contribution in [1.29, 1.82) is 0 Å². The zero-order valence-corrected chi connectivity index (χ0v) is 9.74. The van der Waals surface area contributed by atoms with Gasteiger partial charge in [-0.3, -0.25) is 4.79 Å². The van der Waals surface area contributed by atoms with Crippen LogP contribution in [-0.2, 0) is 6.42 Å².